The van der Waals surface area contributed by atoms with Crippen molar-refractivity contribution in [2.24, 2.45) is 4.99 Å². The molecule has 1 fully saturated rings. The minimum absolute atomic E-state index is 0.161. The van der Waals surface area contributed by atoms with Gasteiger partial charge in [0.25, 0.3) is 0 Å². The quantitative estimate of drug-likeness (QED) is 0.686. The molecule has 1 heterocycles. The molecule has 1 saturated heterocycles. The molecule has 0 amide bonds. The number of benzene rings is 1. The molecule has 0 aliphatic carbocycles. The fraction of sp³-hybridized carbons (Fsp3) is 0.588. The second kappa shape index (κ2) is 8.13. The van der Waals surface area contributed by atoms with Crippen LogP contribution in [0.15, 0.2) is 23.2 Å². The number of likely N-dealkylation sites (tertiary alicyclic amines) is 1. The minimum Gasteiger partial charge on any atom is -0.378 e. The summed E-state index contributed by atoms with van der Waals surface area (Å²) in [6, 6.07) is 5.20. The molecule has 0 atom stereocenters. The van der Waals surface area contributed by atoms with Crippen LogP contribution in [-0.2, 0) is 11.3 Å². The number of aryl methyl sites for hydroxylation is 1. The molecule has 1 N–H and O–H groups in total. The van der Waals surface area contributed by atoms with Crippen molar-refractivity contribution in [1.29, 1.82) is 0 Å². The third kappa shape index (κ3) is 4.44. The van der Waals surface area contributed by atoms with Crippen molar-refractivity contribution in [3.05, 3.63) is 35.1 Å². The Balaban J connectivity index is 1.86. The summed E-state index contributed by atoms with van der Waals surface area (Å²) in [4.78, 5) is 6.61. The highest BCUT2D eigenvalue weighted by Gasteiger charge is 2.21. The predicted octanol–water partition coefficient (Wildman–Crippen LogP) is 2.71. The molecule has 0 radical (unpaired) electrons. The number of nitrogens with zero attached hydrogens (tertiary/aromatic N) is 2. The maximum absolute atomic E-state index is 13.3. The first-order valence-electron chi connectivity index (χ1n) is 7.96. The van der Waals surface area contributed by atoms with E-state index in [1.807, 2.05) is 19.1 Å². The molecule has 4 nitrogen and oxygen atoms in total. The molecule has 2 rings (SSSR count). The standard InChI is InChI=1S/C17H26FN3O/c1-4-22-15-7-9-21(10-8-15)17(19-3)20-12-14-5-6-16(18)13(2)11-14/h5-6,11,15H,4,7-10,12H2,1-3H3,(H,19,20). The van der Waals surface area contributed by atoms with Crippen LogP contribution in [0.5, 0.6) is 0 Å². The van der Waals surface area contributed by atoms with Gasteiger partial charge in [-0.1, -0.05) is 12.1 Å². The van der Waals surface area contributed by atoms with Gasteiger partial charge in [0.1, 0.15) is 5.82 Å². The fourth-order valence-electron chi connectivity index (χ4n) is 2.80. The number of rotatable bonds is 4. The van der Waals surface area contributed by atoms with Gasteiger partial charge in [0, 0.05) is 33.3 Å². The number of hydrogen-bond acceptors (Lipinski definition) is 2. The van der Waals surface area contributed by atoms with Gasteiger partial charge in [-0.2, -0.15) is 0 Å². The van der Waals surface area contributed by atoms with Gasteiger partial charge in [0.05, 0.1) is 6.10 Å². The largest absolute Gasteiger partial charge is 0.378 e. The van der Waals surface area contributed by atoms with Gasteiger partial charge in [0.15, 0.2) is 5.96 Å². The number of ether oxygens (including phenoxy) is 1. The van der Waals surface area contributed by atoms with Crippen LogP contribution in [0.25, 0.3) is 0 Å². The summed E-state index contributed by atoms with van der Waals surface area (Å²) in [6.07, 6.45) is 2.44. The maximum atomic E-state index is 13.3. The summed E-state index contributed by atoms with van der Waals surface area (Å²) in [5, 5.41) is 3.36. The van der Waals surface area contributed by atoms with E-state index < -0.39 is 0 Å². The van der Waals surface area contributed by atoms with Gasteiger partial charge in [0.2, 0.25) is 0 Å². The number of nitrogens with one attached hydrogen (secondary N) is 1. The second-order valence-corrected chi connectivity index (χ2v) is 5.63. The molecule has 1 aliphatic rings. The highest BCUT2D eigenvalue weighted by Crippen LogP contribution is 2.14. The Labute approximate surface area is 132 Å². The molecule has 0 unspecified atom stereocenters. The summed E-state index contributed by atoms with van der Waals surface area (Å²) < 4.78 is 19.0. The van der Waals surface area contributed by atoms with Crippen LogP contribution >= 0.6 is 0 Å². The van der Waals surface area contributed by atoms with E-state index in [1.165, 1.54) is 6.07 Å². The van der Waals surface area contributed by atoms with Gasteiger partial charge < -0.3 is 15.0 Å². The number of guanidine groups is 1. The van der Waals surface area contributed by atoms with E-state index in [-0.39, 0.29) is 5.82 Å². The Bertz CT molecular complexity index is 511. The molecule has 0 spiro atoms. The van der Waals surface area contributed by atoms with Crippen LogP contribution in [0.2, 0.25) is 0 Å². The van der Waals surface area contributed by atoms with E-state index in [9.17, 15) is 4.39 Å². The summed E-state index contributed by atoms with van der Waals surface area (Å²) in [5.74, 6) is 0.739. The molecule has 1 aromatic carbocycles. The van der Waals surface area contributed by atoms with E-state index in [2.05, 4.69) is 15.2 Å². The van der Waals surface area contributed by atoms with Crippen LogP contribution in [0, 0.1) is 12.7 Å². The van der Waals surface area contributed by atoms with Gasteiger partial charge in [-0.05, 0) is 43.9 Å². The van der Waals surface area contributed by atoms with Crippen LogP contribution in [0.1, 0.15) is 30.9 Å². The van der Waals surface area contributed by atoms with E-state index in [4.69, 9.17) is 4.74 Å². The molecule has 1 aliphatic heterocycles. The SMILES string of the molecule is CCOC1CCN(C(=NC)NCc2ccc(F)c(C)c2)CC1. The Kier molecular flexibility index (Phi) is 6.19. The van der Waals surface area contributed by atoms with Crippen LogP contribution < -0.4 is 5.32 Å². The van der Waals surface area contributed by atoms with Crippen LogP contribution in [-0.4, -0.2) is 43.7 Å². The Morgan fingerprint density at radius 3 is 2.73 bits per heavy atom. The molecule has 0 bridgehead atoms. The zero-order chi connectivity index (χ0) is 15.9. The minimum atomic E-state index is -0.161. The van der Waals surface area contributed by atoms with Crippen molar-refractivity contribution < 1.29 is 9.13 Å². The zero-order valence-corrected chi connectivity index (χ0v) is 13.7. The molecule has 1 aromatic rings. The molecule has 0 saturated carbocycles. The number of piperidine rings is 1. The lowest BCUT2D eigenvalue weighted by atomic mass is 10.1. The molecule has 122 valence electrons. The van der Waals surface area contributed by atoms with Gasteiger partial charge in [-0.25, -0.2) is 4.39 Å². The lowest BCUT2D eigenvalue weighted by Crippen LogP contribution is -2.46. The smallest absolute Gasteiger partial charge is 0.193 e. The normalized spacial score (nSPS) is 16.9. The summed E-state index contributed by atoms with van der Waals surface area (Å²) in [7, 11) is 1.80. The van der Waals surface area contributed by atoms with Crippen molar-refractivity contribution in [3.8, 4) is 0 Å². The molecule has 22 heavy (non-hydrogen) atoms. The highest BCUT2D eigenvalue weighted by molar-refractivity contribution is 5.79. The number of halogens is 1. The summed E-state index contributed by atoms with van der Waals surface area (Å²) >= 11 is 0. The fourth-order valence-corrected chi connectivity index (χ4v) is 2.80. The Morgan fingerprint density at radius 2 is 2.14 bits per heavy atom. The molecule has 5 heteroatoms. The van der Waals surface area contributed by atoms with Crippen molar-refractivity contribution >= 4 is 5.96 Å². The van der Waals surface area contributed by atoms with Crippen molar-refractivity contribution in [2.75, 3.05) is 26.7 Å². The van der Waals surface area contributed by atoms with Crippen molar-refractivity contribution in [1.82, 2.24) is 10.2 Å². The molecular weight excluding hydrogens is 281 g/mol. The lowest BCUT2D eigenvalue weighted by Gasteiger charge is -2.34. The van der Waals surface area contributed by atoms with E-state index >= 15 is 0 Å². The third-order valence-corrected chi connectivity index (χ3v) is 4.03. The topological polar surface area (TPSA) is 36.9 Å². The van der Waals surface area contributed by atoms with Crippen LogP contribution in [0.4, 0.5) is 4.39 Å². The third-order valence-electron chi connectivity index (χ3n) is 4.03. The van der Waals surface area contributed by atoms with Crippen molar-refractivity contribution in [2.45, 2.75) is 39.3 Å². The van der Waals surface area contributed by atoms with E-state index in [0.29, 0.717) is 18.2 Å². The highest BCUT2D eigenvalue weighted by atomic mass is 19.1. The number of aliphatic imine (C=N–C) groups is 1. The zero-order valence-electron chi connectivity index (χ0n) is 13.7. The molecule has 0 aromatic heterocycles. The van der Waals surface area contributed by atoms with Crippen molar-refractivity contribution in [3.63, 3.8) is 0 Å². The first-order valence-corrected chi connectivity index (χ1v) is 7.96. The van der Waals surface area contributed by atoms with Gasteiger partial charge >= 0.3 is 0 Å². The summed E-state index contributed by atoms with van der Waals surface area (Å²) in [6.45, 7) is 7.16. The van der Waals surface area contributed by atoms with Gasteiger partial charge in [-0.15, -0.1) is 0 Å². The first kappa shape index (κ1) is 16.7. The second-order valence-electron chi connectivity index (χ2n) is 5.63. The molecular formula is C17H26FN3O. The average Bonchev–Trinajstić information content (AvgIpc) is 2.53. The van der Waals surface area contributed by atoms with Gasteiger partial charge in [-0.3, -0.25) is 4.99 Å². The monoisotopic (exact) mass is 307 g/mol. The number of hydrogen-bond donors (Lipinski definition) is 1. The maximum Gasteiger partial charge on any atom is 0.193 e. The Hall–Kier alpha value is -1.62. The predicted molar refractivity (Wildman–Crippen MR) is 87.6 cm³/mol. The first-order chi connectivity index (χ1) is 10.6. The van der Waals surface area contributed by atoms with Crippen LogP contribution in [0.3, 0.4) is 0 Å². The van der Waals surface area contributed by atoms with E-state index in [0.717, 1.165) is 44.1 Å². The Morgan fingerprint density at radius 1 is 1.41 bits per heavy atom. The average molecular weight is 307 g/mol. The van der Waals surface area contributed by atoms with E-state index in [1.54, 1.807) is 14.0 Å². The lowest BCUT2D eigenvalue weighted by molar-refractivity contribution is 0.0263. The summed E-state index contributed by atoms with van der Waals surface area (Å²) in [5.41, 5.74) is 1.73.